The van der Waals surface area contributed by atoms with Crippen LogP contribution in [0.15, 0.2) is 30.3 Å². The van der Waals surface area contributed by atoms with Gasteiger partial charge in [0.1, 0.15) is 6.29 Å². The molecule has 0 spiro atoms. The Bertz CT molecular complexity index is 388. The Morgan fingerprint density at radius 2 is 1.94 bits per heavy atom. The molecule has 0 aromatic heterocycles. The van der Waals surface area contributed by atoms with Crippen LogP contribution in [0.5, 0.6) is 0 Å². The molecule has 0 saturated carbocycles. The second kappa shape index (κ2) is 8.61. The first-order valence-corrected chi connectivity index (χ1v) is 6.46. The van der Waals surface area contributed by atoms with E-state index in [-0.39, 0.29) is 6.04 Å². The van der Waals surface area contributed by atoms with E-state index in [9.17, 15) is 4.79 Å². The number of carbonyl (C=O) groups is 1. The minimum atomic E-state index is 0.0234. The van der Waals surface area contributed by atoms with Gasteiger partial charge in [-0.1, -0.05) is 43.2 Å². The van der Waals surface area contributed by atoms with E-state index in [1.54, 1.807) is 0 Å². The van der Waals surface area contributed by atoms with Gasteiger partial charge in [-0.2, -0.15) is 0 Å². The summed E-state index contributed by atoms with van der Waals surface area (Å²) < 4.78 is 0. The Labute approximate surface area is 109 Å². The number of unbranched alkanes of at least 4 members (excludes halogenated alkanes) is 2. The minimum absolute atomic E-state index is 0.0234. The molecule has 1 unspecified atom stereocenters. The van der Waals surface area contributed by atoms with Crippen molar-refractivity contribution in [2.75, 3.05) is 6.54 Å². The van der Waals surface area contributed by atoms with Gasteiger partial charge < -0.3 is 11.5 Å². The van der Waals surface area contributed by atoms with Gasteiger partial charge in [-0.3, -0.25) is 4.79 Å². The van der Waals surface area contributed by atoms with Crippen molar-refractivity contribution in [2.45, 2.75) is 31.7 Å². The zero-order valence-electron chi connectivity index (χ0n) is 10.7. The monoisotopic (exact) mass is 246 g/mol. The summed E-state index contributed by atoms with van der Waals surface area (Å²) in [6, 6.07) is 7.96. The maximum atomic E-state index is 10.4. The fraction of sp³-hybridized carbons (Fsp3) is 0.400. The summed E-state index contributed by atoms with van der Waals surface area (Å²) in [6.45, 7) is 0.744. The topological polar surface area (TPSA) is 69.1 Å². The third-order valence-corrected chi connectivity index (χ3v) is 2.97. The summed E-state index contributed by atoms with van der Waals surface area (Å²) in [4.78, 5) is 10.4. The van der Waals surface area contributed by atoms with Crippen LogP contribution in [0.2, 0.25) is 0 Å². The Balaban J connectivity index is 2.63. The average molecular weight is 246 g/mol. The van der Waals surface area contributed by atoms with Gasteiger partial charge in [-0.25, -0.2) is 0 Å². The zero-order valence-corrected chi connectivity index (χ0v) is 10.7. The van der Waals surface area contributed by atoms with Crippen molar-refractivity contribution in [3.8, 4) is 0 Å². The number of hydrogen-bond acceptors (Lipinski definition) is 3. The van der Waals surface area contributed by atoms with Crippen LogP contribution in [0.25, 0.3) is 6.08 Å². The summed E-state index contributed by atoms with van der Waals surface area (Å²) in [5.74, 6) is 0. The van der Waals surface area contributed by atoms with Crippen LogP contribution in [-0.4, -0.2) is 12.8 Å². The third kappa shape index (κ3) is 4.82. The number of hydrogen-bond donors (Lipinski definition) is 2. The second-order valence-electron chi connectivity index (χ2n) is 4.37. The molecule has 1 aromatic carbocycles. The summed E-state index contributed by atoms with van der Waals surface area (Å²) in [6.07, 6.45) is 8.30. The number of carbonyl (C=O) groups excluding carboxylic acids is 1. The highest BCUT2D eigenvalue weighted by molar-refractivity contribution is 5.74. The summed E-state index contributed by atoms with van der Waals surface area (Å²) in [7, 11) is 0. The molecule has 0 aliphatic carbocycles. The molecule has 0 heterocycles. The van der Waals surface area contributed by atoms with Crippen molar-refractivity contribution in [1.29, 1.82) is 0 Å². The molecule has 18 heavy (non-hydrogen) atoms. The van der Waals surface area contributed by atoms with E-state index in [0.29, 0.717) is 0 Å². The van der Waals surface area contributed by atoms with Gasteiger partial charge in [0, 0.05) is 6.04 Å². The largest absolute Gasteiger partial charge is 0.330 e. The Morgan fingerprint density at radius 1 is 1.17 bits per heavy atom. The molecular formula is C15H22N2O. The molecule has 0 bridgehead atoms. The second-order valence-corrected chi connectivity index (χ2v) is 4.37. The maximum absolute atomic E-state index is 10.4. The minimum Gasteiger partial charge on any atom is -0.330 e. The first-order chi connectivity index (χ1) is 8.79. The predicted octanol–water partition coefficient (Wildman–Crippen LogP) is 2.42. The Morgan fingerprint density at radius 3 is 2.67 bits per heavy atom. The van der Waals surface area contributed by atoms with E-state index in [1.807, 2.05) is 30.3 Å². The van der Waals surface area contributed by atoms with Gasteiger partial charge in [0.15, 0.2) is 0 Å². The van der Waals surface area contributed by atoms with Crippen LogP contribution in [0, 0.1) is 0 Å². The molecule has 1 aromatic rings. The van der Waals surface area contributed by atoms with E-state index >= 15 is 0 Å². The lowest BCUT2D eigenvalue weighted by Gasteiger charge is -2.14. The van der Waals surface area contributed by atoms with Crippen molar-refractivity contribution >= 4 is 12.4 Å². The number of aldehydes is 1. The lowest BCUT2D eigenvalue weighted by molar-refractivity contribution is -0.104. The number of allylic oxidation sites excluding steroid dienone is 1. The summed E-state index contributed by atoms with van der Waals surface area (Å²) in [5, 5.41) is 0. The highest BCUT2D eigenvalue weighted by atomic mass is 16.1. The molecule has 0 radical (unpaired) electrons. The average Bonchev–Trinajstić information content (AvgIpc) is 2.41. The molecule has 98 valence electrons. The van der Waals surface area contributed by atoms with Gasteiger partial charge in [0.2, 0.25) is 0 Å². The summed E-state index contributed by atoms with van der Waals surface area (Å²) in [5.41, 5.74) is 13.8. The van der Waals surface area contributed by atoms with Gasteiger partial charge in [-0.05, 0) is 36.6 Å². The third-order valence-electron chi connectivity index (χ3n) is 2.97. The number of benzene rings is 1. The van der Waals surface area contributed by atoms with Gasteiger partial charge in [-0.15, -0.1) is 0 Å². The molecule has 0 aliphatic rings. The van der Waals surface area contributed by atoms with Gasteiger partial charge >= 0.3 is 0 Å². The van der Waals surface area contributed by atoms with Crippen LogP contribution >= 0.6 is 0 Å². The fourth-order valence-corrected chi connectivity index (χ4v) is 1.98. The van der Waals surface area contributed by atoms with E-state index in [0.717, 1.165) is 49.6 Å². The highest BCUT2D eigenvalue weighted by Crippen LogP contribution is 2.22. The number of rotatable bonds is 8. The molecule has 0 aliphatic heterocycles. The van der Waals surface area contributed by atoms with Crippen LogP contribution in [0.1, 0.15) is 42.9 Å². The Kier molecular flexibility index (Phi) is 6.99. The first-order valence-electron chi connectivity index (χ1n) is 6.46. The maximum Gasteiger partial charge on any atom is 0.142 e. The van der Waals surface area contributed by atoms with E-state index in [4.69, 9.17) is 11.5 Å². The standard InChI is InChI=1S/C15H22N2O/c16-11-5-1-2-10-15(17)14-9-4-3-7-13(14)8-6-12-18/h3-4,6-9,12,15H,1-2,5,10-11,16-17H2/b8-6+. The SMILES string of the molecule is NCCCCCC(N)c1ccccc1/C=C/C=O. The van der Waals surface area contributed by atoms with Crippen molar-refractivity contribution in [3.63, 3.8) is 0 Å². The molecular weight excluding hydrogens is 224 g/mol. The molecule has 3 nitrogen and oxygen atoms in total. The molecule has 0 amide bonds. The smallest absolute Gasteiger partial charge is 0.142 e. The summed E-state index contributed by atoms with van der Waals surface area (Å²) >= 11 is 0. The van der Waals surface area contributed by atoms with E-state index in [1.165, 1.54) is 6.08 Å². The predicted molar refractivity (Wildman–Crippen MR) is 76.0 cm³/mol. The molecule has 1 rings (SSSR count). The molecule has 0 fully saturated rings. The molecule has 4 N–H and O–H groups in total. The van der Waals surface area contributed by atoms with Crippen molar-refractivity contribution in [1.82, 2.24) is 0 Å². The lowest BCUT2D eigenvalue weighted by Crippen LogP contribution is -2.11. The highest BCUT2D eigenvalue weighted by Gasteiger charge is 2.08. The lowest BCUT2D eigenvalue weighted by atomic mass is 9.96. The number of nitrogens with two attached hydrogens (primary N) is 2. The zero-order chi connectivity index (χ0) is 13.2. The van der Waals surface area contributed by atoms with Crippen LogP contribution in [0.4, 0.5) is 0 Å². The first kappa shape index (κ1) is 14.6. The fourth-order valence-electron chi connectivity index (χ4n) is 1.98. The van der Waals surface area contributed by atoms with Crippen LogP contribution < -0.4 is 11.5 Å². The Hall–Kier alpha value is -1.45. The van der Waals surface area contributed by atoms with Crippen LogP contribution in [-0.2, 0) is 4.79 Å². The van der Waals surface area contributed by atoms with Crippen molar-refractivity contribution in [3.05, 3.63) is 41.5 Å². The van der Waals surface area contributed by atoms with Crippen LogP contribution in [0.3, 0.4) is 0 Å². The van der Waals surface area contributed by atoms with E-state index in [2.05, 4.69) is 0 Å². The van der Waals surface area contributed by atoms with Gasteiger partial charge in [0.25, 0.3) is 0 Å². The van der Waals surface area contributed by atoms with Crippen molar-refractivity contribution < 1.29 is 4.79 Å². The quantitative estimate of drug-likeness (QED) is 0.420. The molecule has 3 heteroatoms. The van der Waals surface area contributed by atoms with Crippen molar-refractivity contribution in [2.24, 2.45) is 11.5 Å². The van der Waals surface area contributed by atoms with Gasteiger partial charge in [0.05, 0.1) is 0 Å². The van der Waals surface area contributed by atoms with E-state index < -0.39 is 0 Å². The normalized spacial score (nSPS) is 12.8. The molecule has 0 saturated heterocycles. The molecule has 1 atom stereocenters.